The fourth-order valence-electron chi connectivity index (χ4n) is 3.04. The van der Waals surface area contributed by atoms with Gasteiger partial charge in [0.1, 0.15) is 25.8 Å². The van der Waals surface area contributed by atoms with Crippen molar-refractivity contribution in [2.75, 3.05) is 41.0 Å². The summed E-state index contributed by atoms with van der Waals surface area (Å²) < 4.78 is 27.3. The van der Waals surface area contributed by atoms with Gasteiger partial charge in [0.2, 0.25) is 0 Å². The Morgan fingerprint density at radius 1 is 1.00 bits per heavy atom. The summed E-state index contributed by atoms with van der Waals surface area (Å²) in [6.45, 7) is 2.77. The largest absolute Gasteiger partial charge is 0.377 e. The van der Waals surface area contributed by atoms with Gasteiger partial charge in [-0.25, -0.2) is 0 Å². The van der Waals surface area contributed by atoms with Crippen LogP contribution in [0.3, 0.4) is 0 Å². The maximum atomic E-state index is 5.81. The van der Waals surface area contributed by atoms with Crippen molar-refractivity contribution < 1.29 is 23.7 Å². The van der Waals surface area contributed by atoms with E-state index in [0.717, 1.165) is 32.4 Å². The quantitative estimate of drug-likeness (QED) is 0.434. The number of methoxy groups -OCH3 is 2. The number of hydrogen-bond donors (Lipinski definition) is 1. The highest BCUT2D eigenvalue weighted by molar-refractivity contribution is 5.13. The first-order valence-electron chi connectivity index (χ1n) is 8.91. The highest BCUT2D eigenvalue weighted by atomic mass is 16.7. The Hall–Kier alpha value is -1.02. The number of benzene rings is 1. The molecule has 0 amide bonds. The van der Waals surface area contributed by atoms with Crippen LogP contribution < -0.4 is 5.32 Å². The van der Waals surface area contributed by atoms with Crippen molar-refractivity contribution in [2.24, 2.45) is 0 Å². The SMILES string of the molecule is COCO[C@H]1[C@H](CCCCOCc2ccccc2)NC[C@@H]1OCOC. The van der Waals surface area contributed by atoms with Gasteiger partial charge in [-0.2, -0.15) is 0 Å². The van der Waals surface area contributed by atoms with E-state index in [4.69, 9.17) is 23.7 Å². The summed E-state index contributed by atoms with van der Waals surface area (Å²) in [5, 5.41) is 3.49. The van der Waals surface area contributed by atoms with Crippen molar-refractivity contribution in [3.63, 3.8) is 0 Å². The second kappa shape index (κ2) is 12.4. The molecule has 3 atom stereocenters. The second-order valence-corrected chi connectivity index (χ2v) is 6.20. The molecule has 1 aromatic carbocycles. The predicted molar refractivity (Wildman–Crippen MR) is 95.2 cm³/mol. The second-order valence-electron chi connectivity index (χ2n) is 6.20. The third-order valence-corrected chi connectivity index (χ3v) is 4.29. The van der Waals surface area contributed by atoms with Gasteiger partial charge in [0.15, 0.2) is 0 Å². The Balaban J connectivity index is 1.62. The van der Waals surface area contributed by atoms with E-state index in [1.165, 1.54) is 5.56 Å². The van der Waals surface area contributed by atoms with Crippen LogP contribution in [0.4, 0.5) is 0 Å². The number of nitrogens with one attached hydrogen (secondary N) is 1. The van der Waals surface area contributed by atoms with Crippen LogP contribution in [0.2, 0.25) is 0 Å². The molecule has 0 bridgehead atoms. The van der Waals surface area contributed by atoms with Crippen LogP contribution in [0.25, 0.3) is 0 Å². The Morgan fingerprint density at radius 2 is 1.76 bits per heavy atom. The first kappa shape index (κ1) is 20.3. The van der Waals surface area contributed by atoms with Crippen molar-refractivity contribution in [2.45, 2.75) is 44.1 Å². The van der Waals surface area contributed by atoms with E-state index in [1.807, 2.05) is 18.2 Å². The van der Waals surface area contributed by atoms with Gasteiger partial charge >= 0.3 is 0 Å². The molecule has 0 saturated carbocycles. The molecule has 142 valence electrons. The third-order valence-electron chi connectivity index (χ3n) is 4.29. The number of hydrogen-bond acceptors (Lipinski definition) is 6. The zero-order valence-corrected chi connectivity index (χ0v) is 15.3. The Morgan fingerprint density at radius 3 is 2.52 bits per heavy atom. The molecule has 6 heteroatoms. The zero-order chi connectivity index (χ0) is 17.7. The van der Waals surface area contributed by atoms with Gasteiger partial charge in [0.25, 0.3) is 0 Å². The van der Waals surface area contributed by atoms with Crippen molar-refractivity contribution in [1.82, 2.24) is 5.32 Å². The molecule has 0 aromatic heterocycles. The molecule has 1 fully saturated rings. The van der Waals surface area contributed by atoms with E-state index in [9.17, 15) is 0 Å². The van der Waals surface area contributed by atoms with Gasteiger partial charge in [-0.15, -0.1) is 0 Å². The molecule has 6 nitrogen and oxygen atoms in total. The number of unbranched alkanes of at least 4 members (excludes halogenated alkanes) is 1. The lowest BCUT2D eigenvalue weighted by Gasteiger charge is -2.24. The molecule has 0 aliphatic carbocycles. The normalized spacial score (nSPS) is 23.2. The molecule has 1 aromatic rings. The fourth-order valence-corrected chi connectivity index (χ4v) is 3.04. The van der Waals surface area contributed by atoms with Crippen LogP contribution in [-0.2, 0) is 30.3 Å². The molecule has 1 aliphatic heterocycles. The molecule has 1 saturated heterocycles. The summed E-state index contributed by atoms with van der Waals surface area (Å²) in [7, 11) is 3.26. The first-order chi connectivity index (χ1) is 12.3. The van der Waals surface area contributed by atoms with E-state index < -0.39 is 0 Å². The van der Waals surface area contributed by atoms with Crippen LogP contribution in [0.5, 0.6) is 0 Å². The molecule has 0 spiro atoms. The molecule has 0 radical (unpaired) electrons. The predicted octanol–water partition coefficient (Wildman–Crippen LogP) is 2.32. The molecule has 25 heavy (non-hydrogen) atoms. The monoisotopic (exact) mass is 353 g/mol. The summed E-state index contributed by atoms with van der Waals surface area (Å²) in [5.41, 5.74) is 1.21. The van der Waals surface area contributed by atoms with E-state index in [-0.39, 0.29) is 31.8 Å². The highest BCUT2D eigenvalue weighted by Crippen LogP contribution is 2.20. The minimum atomic E-state index is -0.0136. The summed E-state index contributed by atoms with van der Waals surface area (Å²) in [6.07, 6.45) is 3.12. The molecule has 1 heterocycles. The van der Waals surface area contributed by atoms with E-state index in [2.05, 4.69) is 17.4 Å². The Bertz CT molecular complexity index is 445. The van der Waals surface area contributed by atoms with Crippen LogP contribution >= 0.6 is 0 Å². The third kappa shape index (κ3) is 7.40. The molecular weight excluding hydrogens is 322 g/mol. The van der Waals surface area contributed by atoms with Gasteiger partial charge in [-0.3, -0.25) is 0 Å². The van der Waals surface area contributed by atoms with Gasteiger partial charge in [-0.1, -0.05) is 30.3 Å². The molecule has 0 unspecified atom stereocenters. The first-order valence-corrected chi connectivity index (χ1v) is 8.91. The Labute approximate surface area is 150 Å². The van der Waals surface area contributed by atoms with Gasteiger partial charge in [0, 0.05) is 33.4 Å². The van der Waals surface area contributed by atoms with Crippen molar-refractivity contribution in [3.8, 4) is 0 Å². The lowest BCUT2D eigenvalue weighted by Crippen LogP contribution is -2.37. The topological polar surface area (TPSA) is 58.2 Å². The van der Waals surface area contributed by atoms with Crippen molar-refractivity contribution in [1.29, 1.82) is 0 Å². The van der Waals surface area contributed by atoms with Crippen LogP contribution in [0, 0.1) is 0 Å². The molecular formula is C19H31NO5. The molecule has 1 N–H and O–H groups in total. The summed E-state index contributed by atoms with van der Waals surface area (Å²) in [4.78, 5) is 0. The van der Waals surface area contributed by atoms with Crippen LogP contribution in [0.15, 0.2) is 30.3 Å². The lowest BCUT2D eigenvalue weighted by molar-refractivity contribution is -0.146. The molecule has 1 aliphatic rings. The smallest absolute Gasteiger partial charge is 0.146 e. The van der Waals surface area contributed by atoms with Crippen LogP contribution in [-0.4, -0.2) is 59.2 Å². The van der Waals surface area contributed by atoms with Crippen LogP contribution in [0.1, 0.15) is 24.8 Å². The maximum Gasteiger partial charge on any atom is 0.146 e. The van der Waals surface area contributed by atoms with E-state index >= 15 is 0 Å². The minimum absolute atomic E-state index is 0.00516. The zero-order valence-electron chi connectivity index (χ0n) is 15.3. The standard InChI is InChI=1S/C19H31NO5/c1-21-14-24-18-12-20-17(19(18)25-15-22-2)10-6-7-11-23-13-16-8-4-3-5-9-16/h3-5,8-9,17-20H,6-7,10-15H2,1-2H3/t17-,18-,19-/m0/s1. The Kier molecular flexibility index (Phi) is 10.0. The fraction of sp³-hybridized carbons (Fsp3) is 0.684. The maximum absolute atomic E-state index is 5.81. The average Bonchev–Trinajstić information content (AvgIpc) is 3.03. The summed E-state index contributed by atoms with van der Waals surface area (Å²) in [5.74, 6) is 0. The number of rotatable bonds is 13. The minimum Gasteiger partial charge on any atom is -0.377 e. The van der Waals surface area contributed by atoms with E-state index in [1.54, 1.807) is 14.2 Å². The summed E-state index contributed by atoms with van der Waals surface area (Å²) >= 11 is 0. The van der Waals surface area contributed by atoms with E-state index in [0.29, 0.717) is 6.61 Å². The van der Waals surface area contributed by atoms with Gasteiger partial charge < -0.3 is 29.0 Å². The average molecular weight is 353 g/mol. The lowest BCUT2D eigenvalue weighted by atomic mass is 10.0. The highest BCUT2D eigenvalue weighted by Gasteiger charge is 2.37. The number of ether oxygens (including phenoxy) is 5. The van der Waals surface area contributed by atoms with Crippen molar-refractivity contribution in [3.05, 3.63) is 35.9 Å². The molecule has 2 rings (SSSR count). The van der Waals surface area contributed by atoms with Gasteiger partial charge in [-0.05, 0) is 24.8 Å². The van der Waals surface area contributed by atoms with Crippen molar-refractivity contribution >= 4 is 0 Å². The van der Waals surface area contributed by atoms with Gasteiger partial charge in [0.05, 0.1) is 6.61 Å². The summed E-state index contributed by atoms with van der Waals surface area (Å²) in [6, 6.07) is 10.5.